The van der Waals surface area contributed by atoms with Gasteiger partial charge in [0.25, 0.3) is 0 Å². The molecule has 0 unspecified atom stereocenters. The van der Waals surface area contributed by atoms with Crippen LogP contribution in [0, 0.1) is 0 Å². The molecule has 0 saturated carbocycles. The van der Waals surface area contributed by atoms with Gasteiger partial charge in [-0.2, -0.15) is 4.31 Å². The van der Waals surface area contributed by atoms with Crippen molar-refractivity contribution in [3.8, 4) is 0 Å². The molecule has 7 heteroatoms. The quantitative estimate of drug-likeness (QED) is 0.811. The first kappa shape index (κ1) is 18.8. The van der Waals surface area contributed by atoms with Gasteiger partial charge in [0.05, 0.1) is 44.7 Å². The fourth-order valence-electron chi connectivity index (χ4n) is 3.23. The summed E-state index contributed by atoms with van der Waals surface area (Å²) in [4.78, 5) is 16.0. The van der Waals surface area contributed by atoms with Crippen LogP contribution in [0.5, 0.6) is 0 Å². The zero-order valence-corrected chi connectivity index (χ0v) is 16.1. The number of nitrogens with one attached hydrogen (secondary N) is 1. The second-order valence-corrected chi connectivity index (χ2v) is 8.72. The zero-order valence-electron chi connectivity index (χ0n) is 15.3. The molecule has 6 nitrogen and oxygen atoms in total. The summed E-state index contributed by atoms with van der Waals surface area (Å²) in [5.41, 5.74) is 0. The summed E-state index contributed by atoms with van der Waals surface area (Å²) >= 11 is 0. The molecule has 1 fully saturated rings. The second kappa shape index (κ2) is 7.73. The molecule has 0 spiro atoms. The highest BCUT2D eigenvalue weighted by Gasteiger charge is 2.29. The first-order valence-electron chi connectivity index (χ1n) is 9.00. The van der Waals surface area contributed by atoms with Crippen LogP contribution in [0.3, 0.4) is 0 Å². The van der Waals surface area contributed by atoms with E-state index < -0.39 is 10.0 Å². The lowest BCUT2D eigenvalue weighted by atomic mass is 10.1. The summed E-state index contributed by atoms with van der Waals surface area (Å²) in [5, 5.41) is 1.86. The summed E-state index contributed by atoms with van der Waals surface area (Å²) in [7, 11) is -1.60. The molecule has 0 aromatic heterocycles. The Kier molecular flexibility index (Phi) is 5.60. The lowest BCUT2D eigenvalue weighted by molar-refractivity contribution is -0.883. The van der Waals surface area contributed by atoms with Crippen LogP contribution in [0.2, 0.25) is 0 Å². The number of benzene rings is 2. The Morgan fingerprint density at radius 2 is 1.77 bits per heavy atom. The van der Waals surface area contributed by atoms with E-state index in [0.717, 1.165) is 23.9 Å². The summed E-state index contributed by atoms with van der Waals surface area (Å²) in [6.45, 7) is 5.08. The van der Waals surface area contributed by atoms with Crippen molar-refractivity contribution < 1.29 is 18.1 Å². The molecule has 0 radical (unpaired) electrons. The molecule has 2 aromatic rings. The normalized spacial score (nSPS) is 16.3. The predicted molar refractivity (Wildman–Crippen MR) is 102 cm³/mol. The van der Waals surface area contributed by atoms with Crippen LogP contribution in [-0.4, -0.2) is 69.8 Å². The Balaban J connectivity index is 1.79. The number of hydrogen-bond acceptors (Lipinski definition) is 3. The minimum atomic E-state index is -3.71. The van der Waals surface area contributed by atoms with Gasteiger partial charge in [0.15, 0.2) is 0 Å². The predicted octanol–water partition coefficient (Wildman–Crippen LogP) is 0.207. The monoisotopic (exact) mass is 376 g/mol. The first-order chi connectivity index (χ1) is 12.4. The van der Waals surface area contributed by atoms with Crippen molar-refractivity contribution in [2.24, 2.45) is 0 Å². The smallest absolute Gasteiger partial charge is 0.243 e. The molecule has 1 heterocycles. The Bertz CT molecular complexity index is 890. The van der Waals surface area contributed by atoms with Gasteiger partial charge in [0, 0.05) is 6.54 Å². The van der Waals surface area contributed by atoms with Crippen molar-refractivity contribution in [3.63, 3.8) is 0 Å². The van der Waals surface area contributed by atoms with Gasteiger partial charge in [-0.3, -0.25) is 4.79 Å². The summed E-state index contributed by atoms with van der Waals surface area (Å²) in [5.74, 6) is -0.122. The van der Waals surface area contributed by atoms with Gasteiger partial charge in [0.1, 0.15) is 0 Å². The Hall–Kier alpha value is -1.96. The Morgan fingerprint density at radius 1 is 1.12 bits per heavy atom. The third-order valence-corrected chi connectivity index (χ3v) is 6.91. The van der Waals surface area contributed by atoms with Gasteiger partial charge in [0.2, 0.25) is 15.9 Å². The molecule has 0 bridgehead atoms. The maximum absolute atomic E-state index is 13.0. The number of sulfonamides is 1. The lowest BCUT2D eigenvalue weighted by Gasteiger charge is -2.31. The van der Waals surface area contributed by atoms with E-state index in [-0.39, 0.29) is 23.9 Å². The van der Waals surface area contributed by atoms with Crippen molar-refractivity contribution in [1.82, 2.24) is 9.21 Å². The molecule has 1 aliphatic heterocycles. The van der Waals surface area contributed by atoms with E-state index in [1.165, 1.54) is 9.21 Å². The van der Waals surface area contributed by atoms with Crippen molar-refractivity contribution in [2.45, 2.75) is 11.8 Å². The van der Waals surface area contributed by atoms with Gasteiger partial charge >= 0.3 is 0 Å². The average Bonchev–Trinajstić information content (AvgIpc) is 2.65. The molecular weight excluding hydrogens is 350 g/mol. The molecule has 140 valence electrons. The van der Waals surface area contributed by atoms with E-state index in [1.54, 1.807) is 30.0 Å². The molecule has 0 aliphatic carbocycles. The van der Waals surface area contributed by atoms with Crippen LogP contribution in [0.15, 0.2) is 47.4 Å². The summed E-state index contributed by atoms with van der Waals surface area (Å²) in [6.07, 6.45) is 0. The molecule has 1 amide bonds. The number of carbonyl (C=O) groups excluding carboxylic acids is 1. The van der Waals surface area contributed by atoms with Crippen molar-refractivity contribution in [1.29, 1.82) is 0 Å². The van der Waals surface area contributed by atoms with Crippen LogP contribution in [-0.2, 0) is 14.8 Å². The highest BCUT2D eigenvalue weighted by atomic mass is 32.2. The maximum Gasteiger partial charge on any atom is 0.243 e. The molecule has 0 atom stereocenters. The number of likely N-dealkylation sites (N-methyl/N-ethyl adjacent to an activating group) is 2. The number of carbonyl (C=O) groups is 1. The van der Waals surface area contributed by atoms with Gasteiger partial charge in [-0.1, -0.05) is 37.3 Å². The highest BCUT2D eigenvalue weighted by Crippen LogP contribution is 2.22. The number of quaternary nitrogens is 1. The molecule has 26 heavy (non-hydrogen) atoms. The van der Waals surface area contributed by atoms with E-state index in [4.69, 9.17) is 0 Å². The Morgan fingerprint density at radius 3 is 2.42 bits per heavy atom. The third-order valence-electron chi connectivity index (χ3n) is 4.99. The van der Waals surface area contributed by atoms with Crippen LogP contribution < -0.4 is 4.90 Å². The number of fused-ring (bicyclic) bond motifs is 1. The van der Waals surface area contributed by atoms with Crippen LogP contribution in [0.4, 0.5) is 0 Å². The van der Waals surface area contributed by atoms with Crippen LogP contribution in [0.1, 0.15) is 6.92 Å². The fourth-order valence-corrected chi connectivity index (χ4v) is 4.67. The SMILES string of the molecule is CCN(CC(=O)N1CC[NH+](C)CC1)S(=O)(=O)c1ccc2ccccc2c1. The number of hydrogen-bond donors (Lipinski definition) is 1. The fraction of sp³-hybridized carbons (Fsp3) is 0.421. The number of piperazine rings is 1. The van der Waals surface area contributed by atoms with Crippen molar-refractivity contribution >= 4 is 26.7 Å². The topological polar surface area (TPSA) is 62.1 Å². The minimum absolute atomic E-state index is 0.106. The van der Waals surface area contributed by atoms with Gasteiger partial charge in [-0.05, 0) is 22.9 Å². The first-order valence-corrected chi connectivity index (χ1v) is 10.4. The van der Waals surface area contributed by atoms with Gasteiger partial charge in [-0.15, -0.1) is 0 Å². The van der Waals surface area contributed by atoms with Gasteiger partial charge < -0.3 is 9.80 Å². The maximum atomic E-state index is 13.0. The van der Waals surface area contributed by atoms with E-state index in [9.17, 15) is 13.2 Å². The number of amides is 1. The highest BCUT2D eigenvalue weighted by molar-refractivity contribution is 7.89. The summed E-state index contributed by atoms with van der Waals surface area (Å²) < 4.78 is 27.3. The molecule has 2 aromatic carbocycles. The van der Waals surface area contributed by atoms with E-state index in [2.05, 4.69) is 7.05 Å². The van der Waals surface area contributed by atoms with Gasteiger partial charge in [-0.25, -0.2) is 8.42 Å². The average molecular weight is 377 g/mol. The lowest BCUT2D eigenvalue weighted by Crippen LogP contribution is -3.12. The van der Waals surface area contributed by atoms with Crippen molar-refractivity contribution in [2.75, 3.05) is 46.3 Å². The van der Waals surface area contributed by atoms with Crippen LogP contribution >= 0.6 is 0 Å². The van der Waals surface area contributed by atoms with E-state index in [0.29, 0.717) is 13.1 Å². The molecule has 1 N–H and O–H groups in total. The second-order valence-electron chi connectivity index (χ2n) is 6.78. The zero-order chi connectivity index (χ0) is 18.7. The largest absolute Gasteiger partial charge is 0.334 e. The minimum Gasteiger partial charge on any atom is -0.334 e. The van der Waals surface area contributed by atoms with Crippen LogP contribution in [0.25, 0.3) is 10.8 Å². The third kappa shape index (κ3) is 3.90. The Labute approximate surface area is 155 Å². The molecule has 1 aliphatic rings. The number of nitrogens with zero attached hydrogens (tertiary/aromatic N) is 2. The molecule has 3 rings (SSSR count). The van der Waals surface area contributed by atoms with E-state index in [1.807, 2.05) is 24.3 Å². The standard InChI is InChI=1S/C19H25N3O3S/c1-3-22(15-19(23)21-12-10-20(2)11-13-21)26(24,25)18-9-8-16-6-4-5-7-17(16)14-18/h4-9,14H,3,10-13,15H2,1-2H3/p+1. The molecule has 1 saturated heterocycles. The molecular formula is C19H26N3O3S+. The van der Waals surface area contributed by atoms with E-state index >= 15 is 0 Å². The summed E-state index contributed by atoms with van der Waals surface area (Å²) in [6, 6.07) is 12.7. The van der Waals surface area contributed by atoms with Crippen molar-refractivity contribution in [3.05, 3.63) is 42.5 Å². The number of rotatable bonds is 5.